The lowest BCUT2D eigenvalue weighted by Crippen LogP contribution is -2.50. The van der Waals surface area contributed by atoms with Crippen molar-refractivity contribution >= 4 is 37.6 Å². The second-order valence-corrected chi connectivity index (χ2v) is 8.73. The van der Waals surface area contributed by atoms with Crippen LogP contribution in [-0.2, 0) is 0 Å². The van der Waals surface area contributed by atoms with Crippen molar-refractivity contribution in [3.05, 3.63) is 68.6 Å². The van der Waals surface area contributed by atoms with Gasteiger partial charge in [0.15, 0.2) is 0 Å². The number of piperidine rings is 1. The van der Waals surface area contributed by atoms with Gasteiger partial charge in [-0.25, -0.2) is 0 Å². The molecule has 1 saturated heterocycles. The summed E-state index contributed by atoms with van der Waals surface area (Å²) in [5.41, 5.74) is 3.46. The molecule has 3 nitrogen and oxygen atoms in total. The number of rotatable bonds is 2. The molecule has 0 radical (unpaired) electrons. The van der Waals surface area contributed by atoms with Crippen molar-refractivity contribution in [2.24, 2.45) is 17.0 Å². The summed E-state index contributed by atoms with van der Waals surface area (Å²) in [5, 5.41) is 17.4. The van der Waals surface area contributed by atoms with Crippen molar-refractivity contribution in [1.82, 2.24) is 5.32 Å². The molecule has 1 heterocycles. The van der Waals surface area contributed by atoms with Crippen molar-refractivity contribution in [2.75, 3.05) is 0 Å². The molecule has 0 aromatic heterocycles. The van der Waals surface area contributed by atoms with Gasteiger partial charge in [0.1, 0.15) is 0 Å². The van der Waals surface area contributed by atoms with E-state index in [0.717, 1.165) is 27.5 Å². The molecule has 0 spiro atoms. The molecule has 130 valence electrons. The largest absolute Gasteiger partial charge is 0.411 e. The topological polar surface area (TPSA) is 44.6 Å². The second-order valence-electron chi connectivity index (χ2n) is 6.89. The summed E-state index contributed by atoms with van der Waals surface area (Å²) in [6.45, 7) is 0. The number of nitrogens with zero attached hydrogens (tertiary/aromatic N) is 1. The van der Waals surface area contributed by atoms with Crippen molar-refractivity contribution in [3.63, 3.8) is 0 Å². The molecule has 2 aliphatic rings. The fourth-order valence-electron chi connectivity index (χ4n) is 4.37. The van der Waals surface area contributed by atoms with Gasteiger partial charge >= 0.3 is 0 Å². The van der Waals surface area contributed by atoms with Crippen LogP contribution in [0.15, 0.2) is 62.6 Å². The Labute approximate surface area is 164 Å². The highest BCUT2D eigenvalue weighted by molar-refractivity contribution is 9.10. The average molecular weight is 464 g/mol. The Morgan fingerprint density at radius 3 is 1.64 bits per heavy atom. The molecular formula is C20H20Br2N2O. The van der Waals surface area contributed by atoms with Gasteiger partial charge in [0, 0.05) is 32.9 Å². The molecular weight excluding hydrogens is 444 g/mol. The molecule has 5 heteroatoms. The minimum absolute atomic E-state index is 0.171. The maximum Gasteiger partial charge on any atom is 0.0670 e. The zero-order valence-corrected chi connectivity index (χ0v) is 16.9. The predicted molar refractivity (Wildman–Crippen MR) is 107 cm³/mol. The van der Waals surface area contributed by atoms with Crippen LogP contribution in [0.3, 0.4) is 0 Å². The Bertz CT molecular complexity index is 712. The van der Waals surface area contributed by atoms with E-state index in [4.69, 9.17) is 0 Å². The van der Waals surface area contributed by atoms with Crippen molar-refractivity contribution in [3.8, 4) is 0 Å². The first-order chi connectivity index (χ1) is 12.2. The first-order valence-corrected chi connectivity index (χ1v) is 10.2. The van der Waals surface area contributed by atoms with Crippen LogP contribution in [0.4, 0.5) is 0 Å². The smallest absolute Gasteiger partial charge is 0.0670 e. The van der Waals surface area contributed by atoms with E-state index in [1.807, 2.05) is 0 Å². The van der Waals surface area contributed by atoms with Gasteiger partial charge in [-0.05, 0) is 48.2 Å². The summed E-state index contributed by atoms with van der Waals surface area (Å²) in [6, 6.07) is 17.3. The van der Waals surface area contributed by atoms with Crippen LogP contribution in [0.25, 0.3) is 0 Å². The highest BCUT2D eigenvalue weighted by Gasteiger charge is 2.45. The van der Waals surface area contributed by atoms with Crippen LogP contribution < -0.4 is 5.32 Å². The SMILES string of the molecule is ON=C1C2CCCC1C(c1ccc(Br)cc1)NC2c1ccc(Br)cc1. The summed E-state index contributed by atoms with van der Waals surface area (Å²) in [7, 11) is 0. The first kappa shape index (κ1) is 17.3. The summed E-state index contributed by atoms with van der Waals surface area (Å²) in [6.07, 6.45) is 3.31. The molecule has 25 heavy (non-hydrogen) atoms. The Balaban J connectivity index is 1.74. The molecule has 1 aliphatic heterocycles. The van der Waals surface area contributed by atoms with E-state index in [1.165, 1.54) is 17.5 Å². The predicted octanol–water partition coefficient (Wildman–Crippen LogP) is 5.84. The molecule has 4 unspecified atom stereocenters. The van der Waals surface area contributed by atoms with Crippen molar-refractivity contribution < 1.29 is 5.21 Å². The number of hydrogen-bond acceptors (Lipinski definition) is 3. The number of hydrogen-bond donors (Lipinski definition) is 2. The number of halogens is 2. The lowest BCUT2D eigenvalue weighted by Gasteiger charge is -2.47. The fourth-order valence-corrected chi connectivity index (χ4v) is 4.90. The minimum atomic E-state index is 0.171. The van der Waals surface area contributed by atoms with Gasteiger partial charge in [-0.3, -0.25) is 0 Å². The summed E-state index contributed by atoms with van der Waals surface area (Å²) < 4.78 is 2.16. The quantitative estimate of drug-likeness (QED) is 0.433. The zero-order valence-electron chi connectivity index (χ0n) is 13.7. The van der Waals surface area contributed by atoms with Gasteiger partial charge in [0.05, 0.1) is 5.71 Å². The van der Waals surface area contributed by atoms with Crippen LogP contribution in [0.2, 0.25) is 0 Å². The average Bonchev–Trinajstić information content (AvgIpc) is 2.63. The first-order valence-electron chi connectivity index (χ1n) is 8.66. The summed E-state index contributed by atoms with van der Waals surface area (Å²) in [5.74, 6) is 0.522. The van der Waals surface area contributed by atoms with Crippen molar-refractivity contribution in [2.45, 2.75) is 31.3 Å². The normalized spacial score (nSPS) is 28.6. The second kappa shape index (κ2) is 7.22. The van der Waals surface area contributed by atoms with Crippen LogP contribution in [0.5, 0.6) is 0 Å². The van der Waals surface area contributed by atoms with Crippen LogP contribution in [-0.4, -0.2) is 10.9 Å². The van der Waals surface area contributed by atoms with E-state index >= 15 is 0 Å². The third kappa shape index (κ3) is 3.29. The molecule has 4 rings (SSSR count). The number of fused-ring (bicyclic) bond motifs is 2. The third-order valence-corrected chi connectivity index (χ3v) is 6.58. The maximum absolute atomic E-state index is 9.76. The molecule has 1 saturated carbocycles. The minimum Gasteiger partial charge on any atom is -0.411 e. The molecule has 1 aliphatic carbocycles. The lowest BCUT2D eigenvalue weighted by atomic mass is 9.67. The van der Waals surface area contributed by atoms with Gasteiger partial charge in [-0.15, -0.1) is 0 Å². The Morgan fingerprint density at radius 2 is 1.24 bits per heavy atom. The lowest BCUT2D eigenvalue weighted by molar-refractivity contribution is 0.214. The maximum atomic E-state index is 9.76. The van der Waals surface area contributed by atoms with E-state index in [2.05, 4.69) is 90.9 Å². The Morgan fingerprint density at radius 1 is 0.800 bits per heavy atom. The highest BCUT2D eigenvalue weighted by Crippen LogP contribution is 2.46. The van der Waals surface area contributed by atoms with E-state index in [-0.39, 0.29) is 23.9 Å². The Hall–Kier alpha value is -1.17. The molecule has 2 aromatic rings. The number of nitrogens with one attached hydrogen (secondary N) is 1. The zero-order chi connectivity index (χ0) is 17.4. The van der Waals surface area contributed by atoms with Gasteiger partial charge in [0.2, 0.25) is 0 Å². The Kier molecular flexibility index (Phi) is 4.98. The molecule has 2 fully saturated rings. The van der Waals surface area contributed by atoms with Crippen molar-refractivity contribution in [1.29, 1.82) is 0 Å². The molecule has 0 amide bonds. The van der Waals surface area contributed by atoms with Gasteiger partial charge in [0.25, 0.3) is 0 Å². The van der Waals surface area contributed by atoms with E-state index < -0.39 is 0 Å². The van der Waals surface area contributed by atoms with Crippen LogP contribution in [0, 0.1) is 11.8 Å². The van der Waals surface area contributed by atoms with E-state index in [1.54, 1.807) is 0 Å². The third-order valence-electron chi connectivity index (χ3n) is 5.53. The van der Waals surface area contributed by atoms with Gasteiger partial charge < -0.3 is 10.5 Å². The summed E-state index contributed by atoms with van der Waals surface area (Å²) >= 11 is 7.03. The van der Waals surface area contributed by atoms with E-state index in [0.29, 0.717) is 0 Å². The van der Waals surface area contributed by atoms with Crippen LogP contribution in [0.1, 0.15) is 42.5 Å². The number of benzene rings is 2. The molecule has 2 bridgehead atoms. The highest BCUT2D eigenvalue weighted by atomic mass is 79.9. The molecule has 4 atom stereocenters. The standard InChI is InChI=1S/C20H20Br2N2O/c21-14-8-4-12(5-9-14)18-16-2-1-3-17(20(16)24-25)19(23-18)13-6-10-15(22)11-7-13/h4-11,16-19,23,25H,1-3H2. The van der Waals surface area contributed by atoms with E-state index in [9.17, 15) is 5.21 Å². The molecule has 2 aromatic carbocycles. The van der Waals surface area contributed by atoms with Gasteiger partial charge in [-0.1, -0.05) is 67.7 Å². The summed E-state index contributed by atoms with van der Waals surface area (Å²) in [4.78, 5) is 0. The number of oxime groups is 1. The van der Waals surface area contributed by atoms with Gasteiger partial charge in [-0.2, -0.15) is 0 Å². The molecule has 2 N–H and O–H groups in total. The van der Waals surface area contributed by atoms with Crippen LogP contribution >= 0.6 is 31.9 Å². The fraction of sp³-hybridized carbons (Fsp3) is 0.350. The monoisotopic (exact) mass is 462 g/mol.